The number of aromatic nitrogens is 2. The fraction of sp³-hybridized carbons (Fsp3) is 0. The van der Waals surface area contributed by atoms with Gasteiger partial charge in [-0.15, -0.1) is 0 Å². The lowest BCUT2D eigenvalue weighted by molar-refractivity contribution is 0.305. The highest BCUT2D eigenvalue weighted by atomic mass is 19.2. The number of anilines is 2. The van der Waals surface area contributed by atoms with Crippen molar-refractivity contribution in [3.05, 3.63) is 42.2 Å². The summed E-state index contributed by atoms with van der Waals surface area (Å²) in [5.41, 5.74) is 5.61. The van der Waals surface area contributed by atoms with Crippen molar-refractivity contribution in [3.63, 3.8) is 0 Å². The first kappa shape index (κ1) is 12.0. The number of nitrogens with zero attached hydrogens (tertiary/aromatic N) is 3. The highest BCUT2D eigenvalue weighted by Gasteiger charge is 2.14. The van der Waals surface area contributed by atoms with E-state index in [1.807, 2.05) is 0 Å². The molecule has 2 aromatic rings. The van der Waals surface area contributed by atoms with Crippen LogP contribution in [0.1, 0.15) is 0 Å². The summed E-state index contributed by atoms with van der Waals surface area (Å²) in [4.78, 5) is 0. The first-order valence-electron chi connectivity index (χ1n) is 4.82. The smallest absolute Gasteiger partial charge is 0.248 e. The summed E-state index contributed by atoms with van der Waals surface area (Å²) in [6.07, 6.45) is 2.58. The molecule has 0 aliphatic carbocycles. The highest BCUT2D eigenvalue weighted by molar-refractivity contribution is 5.92. The Morgan fingerprint density at radius 3 is 2.67 bits per heavy atom. The monoisotopic (exact) mass is 253 g/mol. The van der Waals surface area contributed by atoms with Crippen LogP contribution in [0.25, 0.3) is 0 Å². The topological polar surface area (TPSA) is 91.2 Å². The highest BCUT2D eigenvalue weighted by Crippen LogP contribution is 2.17. The Balaban J connectivity index is 2.28. The molecule has 0 saturated heterocycles. The first-order chi connectivity index (χ1) is 8.49. The lowest BCUT2D eigenvalue weighted by atomic mass is 10.3. The molecule has 0 aliphatic heterocycles. The molecule has 0 unspecified atom stereocenters. The van der Waals surface area contributed by atoms with E-state index in [1.165, 1.54) is 12.4 Å². The van der Waals surface area contributed by atoms with Gasteiger partial charge >= 0.3 is 0 Å². The van der Waals surface area contributed by atoms with Gasteiger partial charge in [0.05, 0.1) is 23.8 Å². The van der Waals surface area contributed by atoms with E-state index in [4.69, 9.17) is 11.1 Å². The molecule has 2 rings (SSSR count). The summed E-state index contributed by atoms with van der Waals surface area (Å²) in [6, 6.07) is 2.73. The molecule has 4 N–H and O–H groups in total. The van der Waals surface area contributed by atoms with Crippen LogP contribution < -0.4 is 10.8 Å². The van der Waals surface area contributed by atoms with Crippen LogP contribution in [0.5, 0.6) is 0 Å². The molecule has 6 nitrogen and oxygen atoms in total. The van der Waals surface area contributed by atoms with E-state index < -0.39 is 17.6 Å². The van der Waals surface area contributed by atoms with Gasteiger partial charge in [0.15, 0.2) is 11.6 Å². The zero-order valence-corrected chi connectivity index (χ0v) is 9.01. The molecular weight excluding hydrogens is 244 g/mol. The van der Waals surface area contributed by atoms with Gasteiger partial charge in [0.25, 0.3) is 0 Å². The van der Waals surface area contributed by atoms with Crippen LogP contribution in [0.3, 0.4) is 0 Å². The first-order valence-corrected chi connectivity index (χ1v) is 4.82. The van der Waals surface area contributed by atoms with Crippen LogP contribution >= 0.6 is 0 Å². The second kappa shape index (κ2) is 4.41. The number of rotatable bonds is 1. The molecule has 1 heterocycles. The maximum absolute atomic E-state index is 13.0. The maximum Gasteiger partial charge on any atom is 0.248 e. The van der Waals surface area contributed by atoms with E-state index in [9.17, 15) is 14.0 Å². The van der Waals surface area contributed by atoms with Crippen molar-refractivity contribution < 1.29 is 14.0 Å². The normalized spacial score (nSPS) is 10.4. The SMILES string of the molecule is N=C(N(O)c1ccc(F)c(F)c1)n1cc(N)cn1. The van der Waals surface area contributed by atoms with E-state index >= 15 is 0 Å². The molecule has 94 valence electrons. The van der Waals surface area contributed by atoms with Gasteiger partial charge in [0.2, 0.25) is 5.96 Å². The average Bonchev–Trinajstić information content (AvgIpc) is 2.77. The van der Waals surface area contributed by atoms with Gasteiger partial charge in [-0.05, 0) is 12.1 Å². The third-order valence-electron chi connectivity index (χ3n) is 2.17. The van der Waals surface area contributed by atoms with Crippen LogP contribution in [0.15, 0.2) is 30.6 Å². The molecule has 1 aromatic carbocycles. The molecule has 0 saturated carbocycles. The zero-order chi connectivity index (χ0) is 13.3. The second-order valence-electron chi connectivity index (χ2n) is 3.45. The lowest BCUT2D eigenvalue weighted by Crippen LogP contribution is -2.32. The number of hydrogen-bond acceptors (Lipinski definition) is 4. The van der Waals surface area contributed by atoms with Crippen LogP contribution in [0, 0.1) is 17.0 Å². The molecule has 0 amide bonds. The van der Waals surface area contributed by atoms with E-state index in [1.54, 1.807) is 0 Å². The maximum atomic E-state index is 13.0. The summed E-state index contributed by atoms with van der Waals surface area (Å²) >= 11 is 0. The van der Waals surface area contributed by atoms with Crippen molar-refractivity contribution in [2.75, 3.05) is 10.8 Å². The summed E-state index contributed by atoms with van der Waals surface area (Å²) in [6.45, 7) is 0. The van der Waals surface area contributed by atoms with Crippen molar-refractivity contribution in [1.82, 2.24) is 9.78 Å². The summed E-state index contributed by atoms with van der Waals surface area (Å²) in [7, 11) is 0. The Kier molecular flexibility index (Phi) is 2.94. The molecule has 8 heteroatoms. The van der Waals surface area contributed by atoms with Gasteiger partial charge in [-0.2, -0.15) is 10.2 Å². The fourth-order valence-corrected chi connectivity index (χ4v) is 1.29. The summed E-state index contributed by atoms with van der Waals surface area (Å²) in [5, 5.41) is 21.4. The van der Waals surface area contributed by atoms with Gasteiger partial charge < -0.3 is 5.73 Å². The third-order valence-corrected chi connectivity index (χ3v) is 2.17. The Bertz CT molecular complexity index is 598. The molecule has 0 radical (unpaired) electrons. The minimum Gasteiger partial charge on any atom is -0.396 e. The molecule has 0 fully saturated rings. The Morgan fingerprint density at radius 2 is 2.11 bits per heavy atom. The van der Waals surface area contributed by atoms with E-state index in [2.05, 4.69) is 5.10 Å². The predicted molar refractivity (Wildman–Crippen MR) is 60.4 cm³/mol. The molecular formula is C10H9F2N5O. The molecule has 0 bridgehead atoms. The van der Waals surface area contributed by atoms with Crippen LogP contribution in [0.2, 0.25) is 0 Å². The Labute approximate surface area is 100 Å². The number of nitrogens with two attached hydrogens (primary N) is 1. The number of nitrogen functional groups attached to an aromatic ring is 1. The average molecular weight is 253 g/mol. The lowest BCUT2D eigenvalue weighted by Gasteiger charge is -2.17. The minimum absolute atomic E-state index is 0.104. The number of benzene rings is 1. The van der Waals surface area contributed by atoms with Crippen LogP contribution in [-0.2, 0) is 0 Å². The summed E-state index contributed by atoms with van der Waals surface area (Å²) < 4.78 is 26.7. The minimum atomic E-state index is -1.13. The summed E-state index contributed by atoms with van der Waals surface area (Å²) in [5.74, 6) is -2.64. The number of halogens is 2. The van der Waals surface area contributed by atoms with E-state index in [-0.39, 0.29) is 5.69 Å². The van der Waals surface area contributed by atoms with Crippen molar-refractivity contribution in [2.45, 2.75) is 0 Å². The molecule has 0 atom stereocenters. The van der Waals surface area contributed by atoms with Gasteiger partial charge in [0, 0.05) is 6.07 Å². The van der Waals surface area contributed by atoms with E-state index in [0.717, 1.165) is 22.9 Å². The van der Waals surface area contributed by atoms with Crippen LogP contribution in [0.4, 0.5) is 20.2 Å². The molecule has 0 aliphatic rings. The van der Waals surface area contributed by atoms with Crippen molar-refractivity contribution in [3.8, 4) is 0 Å². The Morgan fingerprint density at radius 1 is 1.39 bits per heavy atom. The molecule has 0 spiro atoms. The van der Waals surface area contributed by atoms with Crippen molar-refractivity contribution in [1.29, 1.82) is 5.41 Å². The van der Waals surface area contributed by atoms with Gasteiger partial charge in [-0.25, -0.2) is 13.5 Å². The quantitative estimate of drug-likeness (QED) is 0.407. The van der Waals surface area contributed by atoms with Crippen molar-refractivity contribution in [2.24, 2.45) is 0 Å². The van der Waals surface area contributed by atoms with E-state index in [0.29, 0.717) is 10.8 Å². The van der Waals surface area contributed by atoms with Crippen LogP contribution in [-0.4, -0.2) is 20.9 Å². The predicted octanol–water partition coefficient (Wildman–Crippen LogP) is 1.42. The Hall–Kier alpha value is -2.48. The zero-order valence-electron chi connectivity index (χ0n) is 9.01. The van der Waals surface area contributed by atoms with Gasteiger partial charge in [-0.1, -0.05) is 0 Å². The second-order valence-corrected chi connectivity index (χ2v) is 3.45. The largest absolute Gasteiger partial charge is 0.396 e. The molecule has 1 aromatic heterocycles. The molecule has 18 heavy (non-hydrogen) atoms. The third kappa shape index (κ3) is 2.13. The van der Waals surface area contributed by atoms with Gasteiger partial charge in [0.1, 0.15) is 0 Å². The standard InChI is InChI=1S/C10H9F2N5O/c11-8-2-1-7(3-9(8)12)17(18)10(14)16-5-6(13)4-15-16/h1-5,14,18H,13H2. The number of nitrogens with one attached hydrogen (secondary N) is 1. The fourth-order valence-electron chi connectivity index (χ4n) is 1.29. The van der Waals surface area contributed by atoms with Crippen molar-refractivity contribution >= 4 is 17.3 Å². The number of hydrogen-bond donors (Lipinski definition) is 3. The van der Waals surface area contributed by atoms with Gasteiger partial charge in [-0.3, -0.25) is 10.6 Å². The number of hydroxylamine groups is 1.